The maximum atomic E-state index is 12.1. The van der Waals surface area contributed by atoms with Crippen molar-refractivity contribution in [1.29, 1.82) is 0 Å². The molecule has 4 nitrogen and oxygen atoms in total. The Hall–Kier alpha value is -1.55. The lowest BCUT2D eigenvalue weighted by Gasteiger charge is -2.35. The first kappa shape index (κ1) is 12.9. The van der Waals surface area contributed by atoms with Gasteiger partial charge in [0.1, 0.15) is 0 Å². The van der Waals surface area contributed by atoms with Gasteiger partial charge in [0.05, 0.1) is 11.4 Å². The number of amides is 2. The van der Waals surface area contributed by atoms with Crippen molar-refractivity contribution in [1.82, 2.24) is 0 Å². The number of benzene rings is 1. The Bertz CT molecular complexity index is 506. The van der Waals surface area contributed by atoms with Crippen LogP contribution in [-0.2, 0) is 9.59 Å². The smallest absolute Gasteiger partial charge is 0.234 e. The van der Waals surface area contributed by atoms with E-state index in [9.17, 15) is 9.59 Å². The molecule has 0 aliphatic carbocycles. The van der Waals surface area contributed by atoms with E-state index in [1.165, 1.54) is 0 Å². The van der Waals surface area contributed by atoms with Crippen LogP contribution in [0.1, 0.15) is 26.7 Å². The number of carbonyl (C=O) groups excluding carboxylic acids is 2. The summed E-state index contributed by atoms with van der Waals surface area (Å²) in [6, 6.07) is 4.77. The second-order valence-electron chi connectivity index (χ2n) is 5.34. The normalized spacial score (nSPS) is 19.2. The molecule has 0 aromatic heterocycles. The minimum atomic E-state index is -0.294. The lowest BCUT2D eigenvalue weighted by atomic mass is 9.81. The van der Waals surface area contributed by atoms with Crippen LogP contribution in [0.5, 0.6) is 0 Å². The molecule has 1 aromatic rings. The fourth-order valence-corrected chi connectivity index (χ4v) is 2.32. The van der Waals surface area contributed by atoms with Crippen molar-refractivity contribution in [2.45, 2.75) is 26.7 Å². The second-order valence-corrected chi connectivity index (χ2v) is 5.78. The van der Waals surface area contributed by atoms with Crippen molar-refractivity contribution in [2.75, 3.05) is 10.6 Å². The Morgan fingerprint density at radius 3 is 2.33 bits per heavy atom. The molecular formula is C13H15ClN2O2. The van der Waals surface area contributed by atoms with Gasteiger partial charge >= 0.3 is 0 Å². The Balaban J connectivity index is 2.42. The largest absolute Gasteiger partial charge is 0.397 e. The molecule has 0 bridgehead atoms. The van der Waals surface area contributed by atoms with E-state index in [0.29, 0.717) is 29.2 Å². The number of carbonyl (C=O) groups is 2. The van der Waals surface area contributed by atoms with Crippen LogP contribution < -0.4 is 10.6 Å². The molecule has 1 aliphatic rings. The van der Waals surface area contributed by atoms with E-state index in [1.54, 1.807) is 18.2 Å². The lowest BCUT2D eigenvalue weighted by molar-refractivity contribution is -0.132. The van der Waals surface area contributed by atoms with E-state index in [-0.39, 0.29) is 17.2 Å². The molecule has 0 spiro atoms. The molecule has 0 unspecified atom stereocenters. The number of nitrogen functional groups attached to an aromatic ring is 1. The van der Waals surface area contributed by atoms with E-state index < -0.39 is 0 Å². The Kier molecular flexibility index (Phi) is 3.07. The highest BCUT2D eigenvalue weighted by molar-refractivity contribution is 6.31. The van der Waals surface area contributed by atoms with Gasteiger partial charge in [0, 0.05) is 17.9 Å². The van der Waals surface area contributed by atoms with Crippen LogP contribution in [0.15, 0.2) is 18.2 Å². The molecule has 96 valence electrons. The van der Waals surface area contributed by atoms with Crippen LogP contribution in [0.3, 0.4) is 0 Å². The highest BCUT2D eigenvalue weighted by Crippen LogP contribution is 2.36. The van der Waals surface area contributed by atoms with Crippen LogP contribution in [0.25, 0.3) is 0 Å². The zero-order valence-electron chi connectivity index (χ0n) is 10.4. The monoisotopic (exact) mass is 266 g/mol. The van der Waals surface area contributed by atoms with Gasteiger partial charge < -0.3 is 5.73 Å². The van der Waals surface area contributed by atoms with Gasteiger partial charge in [-0.2, -0.15) is 0 Å². The molecule has 2 amide bonds. The minimum Gasteiger partial charge on any atom is -0.397 e. The first-order valence-electron chi connectivity index (χ1n) is 5.71. The SMILES string of the molecule is CC1(C)CC(=O)N(c2cc(Cl)ccc2N)C(=O)C1. The summed E-state index contributed by atoms with van der Waals surface area (Å²) in [4.78, 5) is 25.3. The molecule has 1 heterocycles. The fraction of sp³-hybridized carbons (Fsp3) is 0.385. The number of hydrogen-bond donors (Lipinski definition) is 1. The number of halogens is 1. The van der Waals surface area contributed by atoms with Gasteiger partial charge in [0.25, 0.3) is 0 Å². The number of piperidine rings is 1. The molecule has 18 heavy (non-hydrogen) atoms. The van der Waals surface area contributed by atoms with E-state index >= 15 is 0 Å². The highest BCUT2D eigenvalue weighted by atomic mass is 35.5. The number of imide groups is 1. The summed E-state index contributed by atoms with van der Waals surface area (Å²) in [5.41, 5.74) is 6.27. The summed E-state index contributed by atoms with van der Waals surface area (Å²) in [6.45, 7) is 3.81. The third-order valence-electron chi connectivity index (χ3n) is 2.99. The van der Waals surface area contributed by atoms with E-state index in [4.69, 9.17) is 17.3 Å². The second kappa shape index (κ2) is 4.28. The molecule has 0 atom stereocenters. The van der Waals surface area contributed by atoms with Gasteiger partial charge in [-0.15, -0.1) is 0 Å². The molecule has 2 rings (SSSR count). The summed E-state index contributed by atoms with van der Waals surface area (Å²) in [6.07, 6.45) is 0.648. The van der Waals surface area contributed by atoms with E-state index in [1.807, 2.05) is 13.8 Å². The summed E-state index contributed by atoms with van der Waals surface area (Å²) < 4.78 is 0. The molecule has 2 N–H and O–H groups in total. The minimum absolute atomic E-state index is 0.231. The predicted octanol–water partition coefficient (Wildman–Crippen LogP) is 2.60. The molecule has 1 fully saturated rings. The topological polar surface area (TPSA) is 63.4 Å². The number of anilines is 2. The van der Waals surface area contributed by atoms with Gasteiger partial charge in [0.15, 0.2) is 0 Å². The number of nitrogens with zero attached hydrogens (tertiary/aromatic N) is 1. The molecule has 5 heteroatoms. The first-order valence-corrected chi connectivity index (χ1v) is 6.09. The molecule has 1 aliphatic heterocycles. The van der Waals surface area contributed by atoms with E-state index in [2.05, 4.69) is 0 Å². The van der Waals surface area contributed by atoms with Gasteiger partial charge in [-0.05, 0) is 23.6 Å². The Labute approximate surface area is 111 Å². The summed E-state index contributed by atoms with van der Waals surface area (Å²) in [5, 5.41) is 0.449. The third-order valence-corrected chi connectivity index (χ3v) is 3.23. The molecule has 1 aromatic carbocycles. The molecular weight excluding hydrogens is 252 g/mol. The van der Waals surface area contributed by atoms with E-state index in [0.717, 1.165) is 4.90 Å². The Morgan fingerprint density at radius 2 is 1.78 bits per heavy atom. The van der Waals surface area contributed by atoms with Crippen molar-refractivity contribution in [3.05, 3.63) is 23.2 Å². The molecule has 0 saturated carbocycles. The van der Waals surface area contributed by atoms with Crippen molar-refractivity contribution in [3.8, 4) is 0 Å². The van der Waals surface area contributed by atoms with Crippen LogP contribution in [-0.4, -0.2) is 11.8 Å². The lowest BCUT2D eigenvalue weighted by Crippen LogP contribution is -2.46. The molecule has 1 saturated heterocycles. The maximum absolute atomic E-state index is 12.1. The van der Waals surface area contributed by atoms with Crippen molar-refractivity contribution >= 4 is 34.8 Å². The summed E-state index contributed by atoms with van der Waals surface area (Å²) >= 11 is 5.88. The predicted molar refractivity (Wildman–Crippen MR) is 71.4 cm³/mol. The average molecular weight is 267 g/mol. The van der Waals surface area contributed by atoms with Crippen molar-refractivity contribution in [3.63, 3.8) is 0 Å². The van der Waals surface area contributed by atoms with Gasteiger partial charge in [-0.3, -0.25) is 9.59 Å². The van der Waals surface area contributed by atoms with Gasteiger partial charge in [0.2, 0.25) is 11.8 Å². The van der Waals surface area contributed by atoms with Gasteiger partial charge in [-0.25, -0.2) is 4.90 Å². The van der Waals surface area contributed by atoms with Crippen LogP contribution in [0.2, 0.25) is 5.02 Å². The fourth-order valence-electron chi connectivity index (χ4n) is 2.16. The van der Waals surface area contributed by atoms with Crippen molar-refractivity contribution < 1.29 is 9.59 Å². The quantitative estimate of drug-likeness (QED) is 0.628. The number of rotatable bonds is 1. The molecule has 0 radical (unpaired) electrons. The van der Waals surface area contributed by atoms with Gasteiger partial charge in [-0.1, -0.05) is 25.4 Å². The van der Waals surface area contributed by atoms with Crippen LogP contribution in [0.4, 0.5) is 11.4 Å². The average Bonchev–Trinajstić information content (AvgIpc) is 2.20. The maximum Gasteiger partial charge on any atom is 0.234 e. The number of nitrogens with two attached hydrogens (primary N) is 1. The number of hydrogen-bond acceptors (Lipinski definition) is 3. The van der Waals surface area contributed by atoms with Crippen LogP contribution in [0, 0.1) is 5.41 Å². The van der Waals surface area contributed by atoms with Crippen LogP contribution >= 0.6 is 11.6 Å². The summed E-state index contributed by atoms with van der Waals surface area (Å²) in [7, 11) is 0. The Morgan fingerprint density at radius 1 is 1.22 bits per heavy atom. The standard InChI is InChI=1S/C13H15ClN2O2/c1-13(2)6-11(17)16(12(18)7-13)10-5-8(14)3-4-9(10)15/h3-5H,6-7,15H2,1-2H3. The zero-order valence-corrected chi connectivity index (χ0v) is 11.1. The highest BCUT2D eigenvalue weighted by Gasteiger charge is 2.38. The zero-order chi connectivity index (χ0) is 13.5. The summed E-state index contributed by atoms with van der Waals surface area (Å²) in [5.74, 6) is -0.463. The first-order chi connectivity index (χ1) is 8.30. The third kappa shape index (κ3) is 2.34. The van der Waals surface area contributed by atoms with Crippen molar-refractivity contribution in [2.24, 2.45) is 5.41 Å².